The van der Waals surface area contributed by atoms with Gasteiger partial charge in [0.15, 0.2) is 17.5 Å². The quantitative estimate of drug-likeness (QED) is 0.247. The fourth-order valence-electron chi connectivity index (χ4n) is 2.95. The van der Waals surface area contributed by atoms with Gasteiger partial charge in [0, 0.05) is 32.3 Å². The summed E-state index contributed by atoms with van der Waals surface area (Å²) in [6.45, 7) is 4.71. The number of ether oxygens (including phenoxy) is 3. The van der Waals surface area contributed by atoms with E-state index < -0.39 is 0 Å². The Kier molecular flexibility index (Phi) is 11.4. The van der Waals surface area contributed by atoms with E-state index >= 15 is 0 Å². The second kappa shape index (κ2) is 13.0. The number of hydrogen-bond donors (Lipinski definition) is 2. The number of nitrogens with zero attached hydrogens (tertiary/aromatic N) is 1. The van der Waals surface area contributed by atoms with Gasteiger partial charge in [0.25, 0.3) is 0 Å². The Morgan fingerprint density at radius 2 is 2.00 bits per heavy atom. The molecule has 1 aliphatic rings. The van der Waals surface area contributed by atoms with Gasteiger partial charge in [-0.1, -0.05) is 12.1 Å². The van der Waals surface area contributed by atoms with Crippen LogP contribution in [-0.2, 0) is 11.3 Å². The maximum atomic E-state index is 6.26. The summed E-state index contributed by atoms with van der Waals surface area (Å²) in [5.74, 6) is 2.37. The average Bonchev–Trinajstić information content (AvgIpc) is 3.15. The lowest BCUT2D eigenvalue weighted by molar-refractivity contribution is 0.152. The van der Waals surface area contributed by atoms with Gasteiger partial charge < -0.3 is 24.8 Å². The van der Waals surface area contributed by atoms with Crippen molar-refractivity contribution in [3.8, 4) is 11.5 Å². The lowest BCUT2D eigenvalue weighted by Crippen LogP contribution is -2.38. The molecule has 1 fully saturated rings. The van der Waals surface area contributed by atoms with E-state index in [0.29, 0.717) is 19.3 Å². The molecule has 148 valence electrons. The van der Waals surface area contributed by atoms with Gasteiger partial charge in [0.2, 0.25) is 0 Å². The second-order valence-electron chi connectivity index (χ2n) is 6.02. The standard InChI is InChI=1S/C19H31N3O3.HI/c1-4-24-13-12-21-19(20-2)22-14-15-8-7-11-17(23-3)18(15)25-16-9-5-6-10-16;/h7-8,11,16H,4-6,9-10,12-14H2,1-3H3,(H2,20,21,22);1H. The van der Waals surface area contributed by atoms with Crippen LogP contribution in [0.3, 0.4) is 0 Å². The van der Waals surface area contributed by atoms with Crippen LogP contribution in [0.25, 0.3) is 0 Å². The molecule has 1 aliphatic carbocycles. The van der Waals surface area contributed by atoms with Crippen molar-refractivity contribution in [2.24, 2.45) is 4.99 Å². The van der Waals surface area contributed by atoms with Gasteiger partial charge in [-0.25, -0.2) is 0 Å². The third-order valence-electron chi connectivity index (χ3n) is 4.28. The fraction of sp³-hybridized carbons (Fsp3) is 0.632. The highest BCUT2D eigenvalue weighted by Gasteiger charge is 2.20. The molecule has 0 saturated heterocycles. The Hall–Kier alpha value is -1.22. The van der Waals surface area contributed by atoms with E-state index in [0.717, 1.165) is 49.0 Å². The summed E-state index contributed by atoms with van der Waals surface area (Å²) < 4.78 is 17.1. The monoisotopic (exact) mass is 477 g/mol. The van der Waals surface area contributed by atoms with Crippen molar-refractivity contribution in [1.82, 2.24) is 10.6 Å². The maximum absolute atomic E-state index is 6.26. The Morgan fingerprint density at radius 1 is 1.23 bits per heavy atom. The largest absolute Gasteiger partial charge is 0.493 e. The molecule has 2 rings (SSSR count). The summed E-state index contributed by atoms with van der Waals surface area (Å²) >= 11 is 0. The number of halogens is 1. The molecule has 0 heterocycles. The van der Waals surface area contributed by atoms with Crippen molar-refractivity contribution in [1.29, 1.82) is 0 Å². The molecule has 6 nitrogen and oxygen atoms in total. The van der Waals surface area contributed by atoms with Crippen LogP contribution in [0.4, 0.5) is 0 Å². The van der Waals surface area contributed by atoms with Crippen LogP contribution >= 0.6 is 24.0 Å². The number of methoxy groups -OCH3 is 1. The number of para-hydroxylation sites is 1. The smallest absolute Gasteiger partial charge is 0.191 e. The zero-order chi connectivity index (χ0) is 17.9. The third kappa shape index (κ3) is 7.19. The Morgan fingerprint density at radius 3 is 2.65 bits per heavy atom. The molecule has 0 atom stereocenters. The minimum Gasteiger partial charge on any atom is -0.493 e. The van der Waals surface area contributed by atoms with Gasteiger partial charge in [-0.3, -0.25) is 4.99 Å². The predicted octanol–water partition coefficient (Wildman–Crippen LogP) is 3.34. The van der Waals surface area contributed by atoms with Crippen molar-refractivity contribution in [3.63, 3.8) is 0 Å². The molecule has 1 aromatic rings. The van der Waals surface area contributed by atoms with Gasteiger partial charge in [-0.2, -0.15) is 0 Å². The van der Waals surface area contributed by atoms with Gasteiger partial charge in [-0.15, -0.1) is 24.0 Å². The average molecular weight is 477 g/mol. The first-order valence-corrected chi connectivity index (χ1v) is 9.13. The first-order chi connectivity index (χ1) is 12.3. The lowest BCUT2D eigenvalue weighted by atomic mass is 10.1. The molecule has 0 amide bonds. The number of benzene rings is 1. The van der Waals surface area contributed by atoms with Crippen LogP contribution in [0.5, 0.6) is 11.5 Å². The summed E-state index contributed by atoms with van der Waals surface area (Å²) in [4.78, 5) is 4.24. The summed E-state index contributed by atoms with van der Waals surface area (Å²) in [6, 6.07) is 6.00. The maximum Gasteiger partial charge on any atom is 0.191 e. The fourth-order valence-corrected chi connectivity index (χ4v) is 2.95. The van der Waals surface area contributed by atoms with E-state index in [2.05, 4.69) is 21.7 Å². The highest BCUT2D eigenvalue weighted by Crippen LogP contribution is 2.34. The first kappa shape index (κ1) is 22.8. The van der Waals surface area contributed by atoms with Crippen molar-refractivity contribution < 1.29 is 14.2 Å². The van der Waals surface area contributed by atoms with Gasteiger partial charge in [0.05, 0.1) is 19.8 Å². The summed E-state index contributed by atoms with van der Waals surface area (Å²) in [6.07, 6.45) is 5.00. The van der Waals surface area contributed by atoms with Crippen molar-refractivity contribution in [2.75, 3.05) is 33.9 Å². The van der Waals surface area contributed by atoms with Crippen LogP contribution < -0.4 is 20.1 Å². The van der Waals surface area contributed by atoms with Crippen LogP contribution in [-0.4, -0.2) is 46.0 Å². The summed E-state index contributed by atoms with van der Waals surface area (Å²) in [5.41, 5.74) is 1.07. The zero-order valence-electron chi connectivity index (χ0n) is 16.0. The van der Waals surface area contributed by atoms with E-state index in [9.17, 15) is 0 Å². The van der Waals surface area contributed by atoms with E-state index in [4.69, 9.17) is 14.2 Å². The molecule has 1 aromatic carbocycles. The molecular formula is C19H32IN3O3. The van der Waals surface area contributed by atoms with Crippen LogP contribution in [0.1, 0.15) is 38.2 Å². The predicted molar refractivity (Wildman–Crippen MR) is 116 cm³/mol. The summed E-state index contributed by atoms with van der Waals surface area (Å²) in [5, 5.41) is 6.56. The lowest BCUT2D eigenvalue weighted by Gasteiger charge is -2.20. The minimum atomic E-state index is 0. The molecule has 26 heavy (non-hydrogen) atoms. The highest BCUT2D eigenvalue weighted by molar-refractivity contribution is 14.0. The number of guanidine groups is 1. The van der Waals surface area contributed by atoms with Crippen molar-refractivity contribution in [2.45, 2.75) is 45.3 Å². The van der Waals surface area contributed by atoms with E-state index in [1.165, 1.54) is 12.8 Å². The second-order valence-corrected chi connectivity index (χ2v) is 6.02. The molecule has 0 spiro atoms. The normalized spacial score (nSPS) is 14.7. The number of rotatable bonds is 9. The zero-order valence-corrected chi connectivity index (χ0v) is 18.4. The van der Waals surface area contributed by atoms with E-state index in [1.54, 1.807) is 14.2 Å². The molecule has 2 N–H and O–H groups in total. The van der Waals surface area contributed by atoms with Crippen LogP contribution in [0, 0.1) is 0 Å². The van der Waals surface area contributed by atoms with Crippen LogP contribution in [0.2, 0.25) is 0 Å². The SMILES string of the molecule is CCOCCNC(=NC)NCc1cccc(OC)c1OC1CCCC1.I. The van der Waals surface area contributed by atoms with Gasteiger partial charge in [-0.05, 0) is 38.7 Å². The number of nitrogens with one attached hydrogen (secondary N) is 2. The molecular weight excluding hydrogens is 445 g/mol. The van der Waals surface area contributed by atoms with E-state index in [-0.39, 0.29) is 24.0 Å². The Labute approximate surface area is 174 Å². The molecule has 0 bridgehead atoms. The van der Waals surface area contributed by atoms with E-state index in [1.807, 2.05) is 19.1 Å². The first-order valence-electron chi connectivity index (χ1n) is 9.13. The molecule has 0 aliphatic heterocycles. The van der Waals surface area contributed by atoms with Gasteiger partial charge >= 0.3 is 0 Å². The highest BCUT2D eigenvalue weighted by atomic mass is 127. The van der Waals surface area contributed by atoms with Crippen molar-refractivity contribution in [3.05, 3.63) is 23.8 Å². The summed E-state index contributed by atoms with van der Waals surface area (Å²) in [7, 11) is 3.44. The van der Waals surface area contributed by atoms with Gasteiger partial charge in [0.1, 0.15) is 0 Å². The Balaban J connectivity index is 0.00000338. The van der Waals surface area contributed by atoms with Crippen molar-refractivity contribution >= 4 is 29.9 Å². The number of hydrogen-bond acceptors (Lipinski definition) is 4. The molecule has 1 saturated carbocycles. The topological polar surface area (TPSA) is 64.1 Å². The number of aliphatic imine (C=N–C) groups is 1. The Bertz CT molecular complexity index is 549. The molecule has 7 heteroatoms. The third-order valence-corrected chi connectivity index (χ3v) is 4.28. The van der Waals surface area contributed by atoms with Crippen LogP contribution in [0.15, 0.2) is 23.2 Å². The molecule has 0 aromatic heterocycles. The molecule has 0 unspecified atom stereocenters. The minimum absolute atomic E-state index is 0. The molecule has 0 radical (unpaired) electrons.